The number of primary amides is 1. The number of nitrogens with one attached hydrogen (secondary N) is 1. The van der Waals surface area contributed by atoms with Gasteiger partial charge in [-0.2, -0.15) is 9.61 Å². The van der Waals surface area contributed by atoms with Crippen LogP contribution in [0.3, 0.4) is 0 Å². The van der Waals surface area contributed by atoms with Gasteiger partial charge in [-0.1, -0.05) is 60.7 Å². The molecule has 4 aromatic rings. The summed E-state index contributed by atoms with van der Waals surface area (Å²) in [6, 6.07) is 20.3. The van der Waals surface area contributed by atoms with E-state index in [9.17, 15) is 9.59 Å². The first-order valence-corrected chi connectivity index (χ1v) is 11.4. The first-order chi connectivity index (χ1) is 16.6. The van der Waals surface area contributed by atoms with Gasteiger partial charge in [0.1, 0.15) is 16.9 Å². The molecule has 8 heteroatoms. The Balaban J connectivity index is 1.42. The molecule has 8 nitrogen and oxygen atoms in total. The standard InChI is InChI=1S/C26H26N6O2/c27-23(33)21-17-30-32-24(21)29-16-22(25(32)28-15-18-7-3-1-4-8-18)26(34)31-13-11-20(12-14-31)19-9-5-2-6-10-19/h1-10,16-17,20,28H,11-15H2,(H2,27,33). The Morgan fingerprint density at radius 2 is 1.62 bits per heavy atom. The van der Waals surface area contributed by atoms with Crippen molar-refractivity contribution >= 4 is 23.3 Å². The molecule has 2 aromatic heterocycles. The van der Waals surface area contributed by atoms with Crippen molar-refractivity contribution in [2.75, 3.05) is 18.4 Å². The number of fused-ring (bicyclic) bond motifs is 1. The summed E-state index contributed by atoms with van der Waals surface area (Å²) in [5.41, 5.74) is 8.81. The topological polar surface area (TPSA) is 106 Å². The second kappa shape index (κ2) is 9.35. The average Bonchev–Trinajstić information content (AvgIpc) is 3.33. The third kappa shape index (κ3) is 4.22. The molecule has 0 spiro atoms. The van der Waals surface area contributed by atoms with Crippen LogP contribution in [0, 0.1) is 0 Å². The van der Waals surface area contributed by atoms with Crippen LogP contribution in [0.15, 0.2) is 73.1 Å². The van der Waals surface area contributed by atoms with Crippen molar-refractivity contribution in [3.05, 3.63) is 95.3 Å². The van der Waals surface area contributed by atoms with Crippen LogP contribution in [0.25, 0.3) is 5.65 Å². The summed E-state index contributed by atoms with van der Waals surface area (Å²) in [5.74, 6) is 0.230. The van der Waals surface area contributed by atoms with Gasteiger partial charge in [0.05, 0.1) is 6.20 Å². The number of piperidine rings is 1. The molecule has 1 aliphatic rings. The highest BCUT2D eigenvalue weighted by molar-refractivity contribution is 6.01. The predicted molar refractivity (Wildman–Crippen MR) is 130 cm³/mol. The lowest BCUT2D eigenvalue weighted by molar-refractivity contribution is 0.0713. The molecule has 2 aromatic carbocycles. The normalized spacial score (nSPS) is 14.3. The minimum atomic E-state index is -0.612. The maximum Gasteiger partial charge on any atom is 0.259 e. The lowest BCUT2D eigenvalue weighted by atomic mass is 9.89. The molecule has 3 N–H and O–H groups in total. The lowest BCUT2D eigenvalue weighted by Crippen LogP contribution is -2.38. The SMILES string of the molecule is NC(=O)c1cnn2c(NCc3ccccc3)c(C(=O)N3CCC(c4ccccc4)CC3)cnc12. The van der Waals surface area contributed by atoms with Gasteiger partial charge in [-0.15, -0.1) is 0 Å². The minimum absolute atomic E-state index is 0.104. The maximum absolute atomic E-state index is 13.6. The summed E-state index contributed by atoms with van der Waals surface area (Å²) in [7, 11) is 0. The van der Waals surface area contributed by atoms with Gasteiger partial charge in [0.25, 0.3) is 11.8 Å². The fraction of sp³-hybridized carbons (Fsp3) is 0.231. The summed E-state index contributed by atoms with van der Waals surface area (Å²) in [6.45, 7) is 1.82. The Bertz CT molecular complexity index is 1310. The van der Waals surface area contributed by atoms with Crippen LogP contribution in [0.1, 0.15) is 50.6 Å². The van der Waals surface area contributed by atoms with Gasteiger partial charge in [-0.3, -0.25) is 9.59 Å². The third-order valence-electron chi connectivity index (χ3n) is 6.38. The molecule has 0 unspecified atom stereocenters. The lowest BCUT2D eigenvalue weighted by Gasteiger charge is -2.32. The second-order valence-electron chi connectivity index (χ2n) is 8.49. The van der Waals surface area contributed by atoms with Crippen molar-refractivity contribution in [3.8, 4) is 0 Å². The van der Waals surface area contributed by atoms with Crippen LogP contribution < -0.4 is 11.1 Å². The summed E-state index contributed by atoms with van der Waals surface area (Å²) in [5, 5.41) is 7.65. The number of nitrogens with two attached hydrogens (primary N) is 1. The van der Waals surface area contributed by atoms with E-state index < -0.39 is 5.91 Å². The molecular formula is C26H26N6O2. The molecule has 0 saturated carbocycles. The number of carbonyl (C=O) groups is 2. The van der Waals surface area contributed by atoms with E-state index in [-0.39, 0.29) is 11.5 Å². The van der Waals surface area contributed by atoms with E-state index >= 15 is 0 Å². The summed E-state index contributed by atoms with van der Waals surface area (Å²) >= 11 is 0. The molecule has 2 amide bonds. The Morgan fingerprint density at radius 1 is 0.941 bits per heavy atom. The number of aromatic nitrogens is 3. The zero-order chi connectivity index (χ0) is 23.5. The number of hydrogen-bond donors (Lipinski definition) is 2. The molecule has 1 fully saturated rings. The summed E-state index contributed by atoms with van der Waals surface area (Å²) < 4.78 is 1.49. The van der Waals surface area contributed by atoms with E-state index in [1.165, 1.54) is 22.5 Å². The molecule has 172 valence electrons. The van der Waals surface area contributed by atoms with E-state index in [1.54, 1.807) is 0 Å². The van der Waals surface area contributed by atoms with Gasteiger partial charge in [0, 0.05) is 25.8 Å². The molecule has 3 heterocycles. The smallest absolute Gasteiger partial charge is 0.259 e. The van der Waals surface area contributed by atoms with E-state index in [0.29, 0.717) is 42.6 Å². The molecule has 34 heavy (non-hydrogen) atoms. The molecule has 0 aliphatic carbocycles. The molecule has 1 saturated heterocycles. The Morgan fingerprint density at radius 3 is 2.29 bits per heavy atom. The quantitative estimate of drug-likeness (QED) is 0.464. The number of likely N-dealkylation sites (tertiary alicyclic amines) is 1. The van der Waals surface area contributed by atoms with E-state index in [1.807, 2.05) is 41.3 Å². The fourth-order valence-corrected chi connectivity index (χ4v) is 4.52. The monoisotopic (exact) mass is 454 g/mol. The number of anilines is 1. The largest absolute Gasteiger partial charge is 0.365 e. The van der Waals surface area contributed by atoms with Crippen molar-refractivity contribution < 1.29 is 9.59 Å². The molecular weight excluding hydrogens is 428 g/mol. The number of nitrogens with zero attached hydrogens (tertiary/aromatic N) is 4. The number of amides is 2. The number of hydrogen-bond acceptors (Lipinski definition) is 5. The highest BCUT2D eigenvalue weighted by atomic mass is 16.2. The first kappa shape index (κ1) is 21.6. The van der Waals surface area contributed by atoms with Gasteiger partial charge < -0.3 is 16.0 Å². The average molecular weight is 455 g/mol. The van der Waals surface area contributed by atoms with Crippen LogP contribution in [0.4, 0.5) is 5.82 Å². The highest BCUT2D eigenvalue weighted by Crippen LogP contribution is 2.29. The summed E-state index contributed by atoms with van der Waals surface area (Å²) in [6.07, 6.45) is 4.72. The van der Waals surface area contributed by atoms with Gasteiger partial charge in [-0.25, -0.2) is 4.98 Å². The minimum Gasteiger partial charge on any atom is -0.365 e. The first-order valence-electron chi connectivity index (χ1n) is 11.4. The zero-order valence-electron chi connectivity index (χ0n) is 18.7. The Kier molecular flexibility index (Phi) is 5.95. The van der Waals surface area contributed by atoms with E-state index in [0.717, 1.165) is 18.4 Å². The molecule has 0 bridgehead atoms. The molecule has 5 rings (SSSR count). The molecule has 0 atom stereocenters. The van der Waals surface area contributed by atoms with Crippen LogP contribution >= 0.6 is 0 Å². The number of carbonyl (C=O) groups excluding carboxylic acids is 2. The van der Waals surface area contributed by atoms with Crippen LogP contribution in [-0.2, 0) is 6.54 Å². The van der Waals surface area contributed by atoms with Crippen LogP contribution in [-0.4, -0.2) is 44.4 Å². The van der Waals surface area contributed by atoms with E-state index in [2.05, 4.69) is 39.7 Å². The van der Waals surface area contributed by atoms with Gasteiger partial charge in [0.2, 0.25) is 0 Å². The number of rotatable bonds is 6. The maximum atomic E-state index is 13.6. The Labute approximate surface area is 197 Å². The van der Waals surface area contributed by atoms with Gasteiger partial charge in [-0.05, 0) is 29.9 Å². The Hall–Kier alpha value is -4.20. The van der Waals surface area contributed by atoms with Gasteiger partial charge >= 0.3 is 0 Å². The second-order valence-corrected chi connectivity index (χ2v) is 8.49. The van der Waals surface area contributed by atoms with Gasteiger partial charge in [0.15, 0.2) is 5.65 Å². The van der Waals surface area contributed by atoms with Crippen molar-refractivity contribution in [3.63, 3.8) is 0 Å². The van der Waals surface area contributed by atoms with Crippen molar-refractivity contribution in [1.29, 1.82) is 0 Å². The van der Waals surface area contributed by atoms with Crippen LogP contribution in [0.5, 0.6) is 0 Å². The highest BCUT2D eigenvalue weighted by Gasteiger charge is 2.28. The zero-order valence-corrected chi connectivity index (χ0v) is 18.7. The van der Waals surface area contributed by atoms with Crippen molar-refractivity contribution in [2.45, 2.75) is 25.3 Å². The fourth-order valence-electron chi connectivity index (χ4n) is 4.52. The van der Waals surface area contributed by atoms with E-state index in [4.69, 9.17) is 5.73 Å². The molecule has 1 aliphatic heterocycles. The third-order valence-corrected chi connectivity index (χ3v) is 6.38. The molecule has 0 radical (unpaired) electrons. The summed E-state index contributed by atoms with van der Waals surface area (Å²) in [4.78, 5) is 31.6. The van der Waals surface area contributed by atoms with Crippen LogP contribution in [0.2, 0.25) is 0 Å². The number of benzene rings is 2. The predicted octanol–water partition coefficient (Wildman–Crippen LogP) is 3.46. The van der Waals surface area contributed by atoms with Crippen molar-refractivity contribution in [1.82, 2.24) is 19.5 Å². The van der Waals surface area contributed by atoms with Crippen molar-refractivity contribution in [2.24, 2.45) is 5.73 Å².